The Morgan fingerprint density at radius 2 is 2.05 bits per heavy atom. The normalized spacial score (nSPS) is 21.4. The quantitative estimate of drug-likeness (QED) is 0.904. The molecule has 1 amide bonds. The Morgan fingerprint density at radius 1 is 1.25 bits per heavy atom. The number of anilines is 2. The Hall–Kier alpha value is -1.51. The van der Waals surface area contributed by atoms with Crippen molar-refractivity contribution in [3.05, 3.63) is 24.3 Å². The molecule has 0 radical (unpaired) electrons. The molecule has 3 nitrogen and oxygen atoms in total. The van der Waals surface area contributed by atoms with Crippen LogP contribution >= 0.6 is 0 Å². The molecule has 1 saturated carbocycles. The van der Waals surface area contributed by atoms with E-state index in [-0.39, 0.29) is 5.91 Å². The van der Waals surface area contributed by atoms with Crippen LogP contribution < -0.4 is 10.2 Å². The molecule has 3 heteroatoms. The van der Waals surface area contributed by atoms with Gasteiger partial charge in [-0.1, -0.05) is 18.9 Å². The molecule has 2 fully saturated rings. The van der Waals surface area contributed by atoms with Crippen LogP contribution in [0.15, 0.2) is 24.3 Å². The fourth-order valence-electron chi connectivity index (χ4n) is 3.52. The second-order valence-electron chi connectivity index (χ2n) is 6.18. The average Bonchev–Trinajstić information content (AvgIpc) is 3.10. The van der Waals surface area contributed by atoms with Gasteiger partial charge in [0.2, 0.25) is 5.91 Å². The van der Waals surface area contributed by atoms with Crippen molar-refractivity contribution < 1.29 is 4.79 Å². The molecule has 1 N–H and O–H groups in total. The van der Waals surface area contributed by atoms with Crippen LogP contribution in [0.4, 0.5) is 11.4 Å². The lowest BCUT2D eigenvalue weighted by atomic mass is 9.99. The molecule has 1 aliphatic carbocycles. The van der Waals surface area contributed by atoms with Crippen LogP contribution in [0.25, 0.3) is 0 Å². The Balaban J connectivity index is 1.69. The summed E-state index contributed by atoms with van der Waals surface area (Å²) in [6.07, 6.45) is 7.11. The van der Waals surface area contributed by atoms with Crippen molar-refractivity contribution in [1.82, 2.24) is 0 Å². The molecule has 1 unspecified atom stereocenters. The van der Waals surface area contributed by atoms with E-state index < -0.39 is 0 Å². The number of rotatable bonds is 4. The van der Waals surface area contributed by atoms with Gasteiger partial charge in [0.15, 0.2) is 0 Å². The highest BCUT2D eigenvalue weighted by molar-refractivity contribution is 5.95. The van der Waals surface area contributed by atoms with E-state index in [0.717, 1.165) is 30.3 Å². The van der Waals surface area contributed by atoms with Gasteiger partial charge in [-0.25, -0.2) is 0 Å². The average molecular weight is 272 g/mol. The number of hydrogen-bond acceptors (Lipinski definition) is 2. The van der Waals surface area contributed by atoms with E-state index in [1.807, 2.05) is 17.0 Å². The SMILES string of the molecule is CC(Nc1cccc(N2CCCC2=O)c1)C1CCCC1. The van der Waals surface area contributed by atoms with Crippen LogP contribution in [0, 0.1) is 5.92 Å². The van der Waals surface area contributed by atoms with Crippen molar-refractivity contribution in [3.63, 3.8) is 0 Å². The third-order valence-electron chi connectivity index (χ3n) is 4.73. The standard InChI is InChI=1S/C17H24N2O/c1-13(14-6-2-3-7-14)18-15-8-4-9-16(12-15)19-11-5-10-17(19)20/h4,8-9,12-14,18H,2-3,5-7,10-11H2,1H3. The molecule has 0 spiro atoms. The summed E-state index contributed by atoms with van der Waals surface area (Å²) < 4.78 is 0. The Morgan fingerprint density at radius 3 is 2.75 bits per heavy atom. The highest BCUT2D eigenvalue weighted by Crippen LogP contribution is 2.30. The van der Waals surface area contributed by atoms with Crippen molar-refractivity contribution in [3.8, 4) is 0 Å². The minimum atomic E-state index is 0.256. The number of amides is 1. The maximum Gasteiger partial charge on any atom is 0.227 e. The number of hydrogen-bond donors (Lipinski definition) is 1. The van der Waals surface area contributed by atoms with E-state index >= 15 is 0 Å². The molecule has 0 aromatic heterocycles. The zero-order chi connectivity index (χ0) is 13.9. The topological polar surface area (TPSA) is 32.3 Å². The summed E-state index contributed by atoms with van der Waals surface area (Å²) in [5, 5.41) is 3.62. The maximum absolute atomic E-state index is 11.8. The zero-order valence-electron chi connectivity index (χ0n) is 12.3. The summed E-state index contributed by atoms with van der Waals surface area (Å²) in [7, 11) is 0. The summed E-state index contributed by atoms with van der Waals surface area (Å²) in [4.78, 5) is 13.7. The van der Waals surface area contributed by atoms with Crippen molar-refractivity contribution in [1.29, 1.82) is 0 Å². The first-order valence-corrected chi connectivity index (χ1v) is 7.91. The summed E-state index contributed by atoms with van der Waals surface area (Å²) in [5.74, 6) is 1.05. The van der Waals surface area contributed by atoms with E-state index in [2.05, 4.69) is 24.4 Å². The van der Waals surface area contributed by atoms with E-state index in [4.69, 9.17) is 0 Å². The fourth-order valence-corrected chi connectivity index (χ4v) is 3.52. The van der Waals surface area contributed by atoms with E-state index in [0.29, 0.717) is 12.5 Å². The van der Waals surface area contributed by atoms with Crippen molar-refractivity contribution in [2.24, 2.45) is 5.92 Å². The van der Waals surface area contributed by atoms with Crippen LogP contribution in [0.5, 0.6) is 0 Å². The zero-order valence-corrected chi connectivity index (χ0v) is 12.3. The van der Waals surface area contributed by atoms with Crippen molar-refractivity contribution in [2.75, 3.05) is 16.8 Å². The molecule has 108 valence electrons. The minimum absolute atomic E-state index is 0.256. The lowest BCUT2D eigenvalue weighted by molar-refractivity contribution is -0.117. The number of carbonyl (C=O) groups is 1. The van der Waals surface area contributed by atoms with Gasteiger partial charge in [0.25, 0.3) is 0 Å². The van der Waals surface area contributed by atoms with E-state index in [1.54, 1.807) is 0 Å². The van der Waals surface area contributed by atoms with Crippen molar-refractivity contribution in [2.45, 2.75) is 51.5 Å². The molecule has 20 heavy (non-hydrogen) atoms. The third-order valence-corrected chi connectivity index (χ3v) is 4.73. The summed E-state index contributed by atoms with van der Waals surface area (Å²) >= 11 is 0. The molecule has 1 aliphatic heterocycles. The first-order chi connectivity index (χ1) is 9.74. The lowest BCUT2D eigenvalue weighted by Crippen LogP contribution is -2.25. The third kappa shape index (κ3) is 2.82. The van der Waals surface area contributed by atoms with Gasteiger partial charge in [-0.15, -0.1) is 0 Å². The number of benzene rings is 1. The Labute approximate surface area is 121 Å². The number of nitrogens with one attached hydrogen (secondary N) is 1. The molecular weight excluding hydrogens is 248 g/mol. The van der Waals surface area contributed by atoms with Gasteiger partial charge in [-0.2, -0.15) is 0 Å². The maximum atomic E-state index is 11.8. The largest absolute Gasteiger partial charge is 0.382 e. The van der Waals surface area contributed by atoms with Gasteiger partial charge in [-0.05, 0) is 50.3 Å². The lowest BCUT2D eigenvalue weighted by Gasteiger charge is -2.23. The molecule has 1 aromatic carbocycles. The monoisotopic (exact) mass is 272 g/mol. The number of nitrogens with zero attached hydrogens (tertiary/aromatic N) is 1. The summed E-state index contributed by atoms with van der Waals surface area (Å²) in [5.41, 5.74) is 2.18. The summed E-state index contributed by atoms with van der Waals surface area (Å²) in [6, 6.07) is 8.82. The second-order valence-corrected chi connectivity index (χ2v) is 6.18. The minimum Gasteiger partial charge on any atom is -0.382 e. The molecule has 0 bridgehead atoms. The van der Waals surface area contributed by atoms with Crippen LogP contribution in [0.1, 0.15) is 45.4 Å². The molecule has 1 aromatic rings. The predicted octanol–water partition coefficient (Wildman–Crippen LogP) is 3.80. The molecule has 2 aliphatic rings. The van der Waals surface area contributed by atoms with Crippen LogP contribution in [-0.4, -0.2) is 18.5 Å². The molecule has 1 heterocycles. The molecular formula is C17H24N2O. The van der Waals surface area contributed by atoms with Gasteiger partial charge >= 0.3 is 0 Å². The van der Waals surface area contributed by atoms with E-state index in [1.165, 1.54) is 25.7 Å². The highest BCUT2D eigenvalue weighted by Gasteiger charge is 2.23. The first kappa shape index (κ1) is 13.5. The van der Waals surface area contributed by atoms with Crippen LogP contribution in [0.2, 0.25) is 0 Å². The van der Waals surface area contributed by atoms with Gasteiger partial charge < -0.3 is 10.2 Å². The molecule has 1 atom stereocenters. The number of carbonyl (C=O) groups excluding carboxylic acids is 1. The molecule has 3 rings (SSSR count). The van der Waals surface area contributed by atoms with Gasteiger partial charge in [-0.3, -0.25) is 4.79 Å². The van der Waals surface area contributed by atoms with Gasteiger partial charge in [0.05, 0.1) is 0 Å². The fraction of sp³-hybridized carbons (Fsp3) is 0.588. The van der Waals surface area contributed by atoms with E-state index in [9.17, 15) is 4.79 Å². The Bertz CT molecular complexity index is 480. The van der Waals surface area contributed by atoms with Gasteiger partial charge in [0.1, 0.15) is 0 Å². The first-order valence-electron chi connectivity index (χ1n) is 7.91. The van der Waals surface area contributed by atoms with Crippen LogP contribution in [0.3, 0.4) is 0 Å². The molecule has 1 saturated heterocycles. The predicted molar refractivity (Wildman–Crippen MR) is 83.1 cm³/mol. The Kier molecular flexibility index (Phi) is 3.95. The second kappa shape index (κ2) is 5.86. The smallest absolute Gasteiger partial charge is 0.227 e. The highest BCUT2D eigenvalue weighted by atomic mass is 16.2. The summed E-state index contributed by atoms with van der Waals surface area (Å²) in [6.45, 7) is 3.14. The van der Waals surface area contributed by atoms with Gasteiger partial charge in [0, 0.05) is 30.4 Å². The van der Waals surface area contributed by atoms with Crippen molar-refractivity contribution >= 4 is 17.3 Å². The van der Waals surface area contributed by atoms with Crippen LogP contribution in [-0.2, 0) is 4.79 Å².